The van der Waals surface area contributed by atoms with Crippen molar-refractivity contribution in [1.29, 1.82) is 0 Å². The lowest BCUT2D eigenvalue weighted by molar-refractivity contribution is -0.111. The molecule has 0 atom stereocenters. The van der Waals surface area contributed by atoms with Gasteiger partial charge in [0.15, 0.2) is 15.5 Å². The van der Waals surface area contributed by atoms with Crippen molar-refractivity contribution in [2.75, 3.05) is 40.1 Å². The molecule has 2 aromatic carbocycles. The summed E-state index contributed by atoms with van der Waals surface area (Å²) in [7, 11) is -3.05. The van der Waals surface area contributed by atoms with E-state index in [0.717, 1.165) is 33.2 Å². The molecule has 0 unspecified atom stereocenters. The standard InChI is InChI=1S/C31H32N8O3S/c1-4-27(40)35-23-9-10-25-21(17-23)11-12-32-28(25)24-8-6-5-7-22(24)18-33-30-37-31(38-13-15-43(41,42)16-14-38)36-29-26(20(2)3)19-34-39(29)30/h4-12,17,19-20H,1,13-16,18H2,2-3H3,(H,35,40)(H,33,36,37). The molecule has 3 aromatic heterocycles. The van der Waals surface area contributed by atoms with Gasteiger partial charge in [-0.05, 0) is 41.1 Å². The number of anilines is 3. The van der Waals surface area contributed by atoms with Crippen LogP contribution in [0.3, 0.4) is 0 Å². The molecule has 1 amide bonds. The van der Waals surface area contributed by atoms with Crippen LogP contribution in [0.2, 0.25) is 0 Å². The molecule has 0 spiro atoms. The first-order valence-corrected chi connectivity index (χ1v) is 15.9. The normalized spacial score (nSPS) is 14.7. The molecule has 6 rings (SSSR count). The fraction of sp³-hybridized carbons (Fsp3) is 0.258. The first-order chi connectivity index (χ1) is 20.7. The zero-order valence-corrected chi connectivity index (χ0v) is 24.8. The number of fused-ring (bicyclic) bond motifs is 2. The zero-order valence-electron chi connectivity index (χ0n) is 24.0. The van der Waals surface area contributed by atoms with Crippen molar-refractivity contribution in [2.24, 2.45) is 0 Å². The highest BCUT2D eigenvalue weighted by molar-refractivity contribution is 7.91. The number of sulfone groups is 1. The lowest BCUT2D eigenvalue weighted by Crippen LogP contribution is -2.41. The van der Waals surface area contributed by atoms with Gasteiger partial charge in [-0.2, -0.15) is 19.6 Å². The van der Waals surface area contributed by atoms with Crippen molar-refractivity contribution in [3.05, 3.63) is 84.7 Å². The van der Waals surface area contributed by atoms with Crippen molar-refractivity contribution in [3.8, 4) is 11.3 Å². The van der Waals surface area contributed by atoms with Gasteiger partial charge in [-0.15, -0.1) is 0 Å². The minimum Gasteiger partial charge on any atom is -0.350 e. The van der Waals surface area contributed by atoms with Crippen LogP contribution in [-0.2, 0) is 21.2 Å². The maximum Gasteiger partial charge on any atom is 0.247 e. The molecule has 220 valence electrons. The van der Waals surface area contributed by atoms with Gasteiger partial charge in [0.25, 0.3) is 0 Å². The minimum absolute atomic E-state index is 0.0775. The molecule has 0 bridgehead atoms. The monoisotopic (exact) mass is 596 g/mol. The summed E-state index contributed by atoms with van der Waals surface area (Å²) in [5, 5.41) is 12.8. The molecule has 4 heterocycles. The molecule has 5 aromatic rings. The van der Waals surface area contributed by atoms with E-state index in [1.165, 1.54) is 6.08 Å². The molecule has 0 radical (unpaired) electrons. The van der Waals surface area contributed by atoms with Crippen molar-refractivity contribution in [3.63, 3.8) is 0 Å². The molecule has 0 saturated carbocycles. The van der Waals surface area contributed by atoms with E-state index in [4.69, 9.17) is 15.0 Å². The van der Waals surface area contributed by atoms with Gasteiger partial charge in [-0.25, -0.2) is 8.42 Å². The number of nitrogens with one attached hydrogen (secondary N) is 2. The van der Waals surface area contributed by atoms with Crippen LogP contribution in [0.5, 0.6) is 0 Å². The predicted molar refractivity (Wildman–Crippen MR) is 169 cm³/mol. The Hall–Kier alpha value is -4.84. The average Bonchev–Trinajstić information content (AvgIpc) is 3.44. The molecule has 11 nitrogen and oxygen atoms in total. The first-order valence-electron chi connectivity index (χ1n) is 14.1. The number of rotatable bonds is 8. The summed E-state index contributed by atoms with van der Waals surface area (Å²) < 4.78 is 25.8. The molecule has 1 aliphatic rings. The van der Waals surface area contributed by atoms with Crippen molar-refractivity contribution < 1.29 is 13.2 Å². The van der Waals surface area contributed by atoms with E-state index in [1.807, 2.05) is 59.6 Å². The van der Waals surface area contributed by atoms with Gasteiger partial charge in [-0.3, -0.25) is 9.78 Å². The summed E-state index contributed by atoms with van der Waals surface area (Å²) in [6.45, 7) is 8.81. The summed E-state index contributed by atoms with van der Waals surface area (Å²) in [6, 6.07) is 15.7. The Morgan fingerprint density at radius 1 is 1.09 bits per heavy atom. The summed E-state index contributed by atoms with van der Waals surface area (Å²) in [4.78, 5) is 28.1. The number of aromatic nitrogens is 5. The summed E-state index contributed by atoms with van der Waals surface area (Å²) in [5.74, 6) is 1.08. The fourth-order valence-electron chi connectivity index (χ4n) is 5.20. The number of hydrogen-bond donors (Lipinski definition) is 2. The van der Waals surface area contributed by atoms with E-state index < -0.39 is 9.84 Å². The van der Waals surface area contributed by atoms with E-state index in [9.17, 15) is 13.2 Å². The third-order valence-corrected chi connectivity index (χ3v) is 9.17. The molecule has 0 aliphatic carbocycles. The Labute approximate surface area is 249 Å². The Kier molecular flexibility index (Phi) is 7.53. The van der Waals surface area contributed by atoms with Gasteiger partial charge in [0, 0.05) is 48.0 Å². The Morgan fingerprint density at radius 3 is 2.65 bits per heavy atom. The van der Waals surface area contributed by atoms with E-state index >= 15 is 0 Å². The highest BCUT2D eigenvalue weighted by Crippen LogP contribution is 2.31. The van der Waals surface area contributed by atoms with Gasteiger partial charge in [0.2, 0.25) is 17.8 Å². The third-order valence-electron chi connectivity index (χ3n) is 7.56. The SMILES string of the molecule is C=CC(=O)Nc1ccc2c(-c3ccccc3CNc3nc(N4CCS(=O)(=O)CC4)nc4c(C(C)C)cnn34)nccc2c1. The quantitative estimate of drug-likeness (QED) is 0.249. The minimum atomic E-state index is -3.05. The van der Waals surface area contributed by atoms with Gasteiger partial charge in [0.1, 0.15) is 0 Å². The summed E-state index contributed by atoms with van der Waals surface area (Å²) >= 11 is 0. The van der Waals surface area contributed by atoms with Crippen LogP contribution in [0, 0.1) is 0 Å². The molecular weight excluding hydrogens is 564 g/mol. The van der Waals surface area contributed by atoms with E-state index in [1.54, 1.807) is 10.7 Å². The first kappa shape index (κ1) is 28.3. The Morgan fingerprint density at radius 2 is 1.88 bits per heavy atom. The number of carbonyl (C=O) groups is 1. The lowest BCUT2D eigenvalue weighted by atomic mass is 9.99. The highest BCUT2D eigenvalue weighted by Gasteiger charge is 2.25. The highest BCUT2D eigenvalue weighted by atomic mass is 32.2. The molecule has 12 heteroatoms. The van der Waals surface area contributed by atoms with Crippen molar-refractivity contribution >= 4 is 49.7 Å². The summed E-state index contributed by atoms with van der Waals surface area (Å²) in [6.07, 6.45) is 4.81. The number of amides is 1. The average molecular weight is 597 g/mol. The maximum atomic E-state index is 12.1. The van der Waals surface area contributed by atoms with Crippen LogP contribution in [0.15, 0.2) is 73.6 Å². The second kappa shape index (κ2) is 11.4. The topological polar surface area (TPSA) is 134 Å². The molecule has 2 N–H and O–H groups in total. The fourth-order valence-corrected chi connectivity index (χ4v) is 6.40. The van der Waals surface area contributed by atoms with Crippen molar-refractivity contribution in [1.82, 2.24) is 24.6 Å². The number of benzene rings is 2. The smallest absolute Gasteiger partial charge is 0.247 e. The molecule has 43 heavy (non-hydrogen) atoms. The van der Waals surface area contributed by atoms with Crippen LogP contribution in [0.4, 0.5) is 17.6 Å². The van der Waals surface area contributed by atoms with Crippen LogP contribution in [-0.4, -0.2) is 63.5 Å². The van der Waals surface area contributed by atoms with E-state index in [-0.39, 0.29) is 23.3 Å². The van der Waals surface area contributed by atoms with Gasteiger partial charge < -0.3 is 15.5 Å². The van der Waals surface area contributed by atoms with E-state index in [2.05, 4.69) is 36.2 Å². The predicted octanol–water partition coefficient (Wildman–Crippen LogP) is 4.43. The van der Waals surface area contributed by atoms with Crippen LogP contribution < -0.4 is 15.5 Å². The second-order valence-corrected chi connectivity index (χ2v) is 13.1. The van der Waals surface area contributed by atoms with Gasteiger partial charge in [0.05, 0.1) is 23.4 Å². The van der Waals surface area contributed by atoms with Gasteiger partial charge >= 0.3 is 0 Å². The molecular formula is C31H32N8O3S. The van der Waals surface area contributed by atoms with Gasteiger partial charge in [-0.1, -0.05) is 50.8 Å². The Bertz CT molecular complexity index is 1960. The molecule has 1 saturated heterocycles. The van der Waals surface area contributed by atoms with Crippen LogP contribution in [0.25, 0.3) is 27.7 Å². The molecule has 1 aliphatic heterocycles. The maximum absolute atomic E-state index is 12.1. The van der Waals surface area contributed by atoms with E-state index in [0.29, 0.717) is 42.9 Å². The number of hydrogen-bond acceptors (Lipinski definition) is 9. The van der Waals surface area contributed by atoms with Crippen molar-refractivity contribution in [2.45, 2.75) is 26.3 Å². The summed E-state index contributed by atoms with van der Waals surface area (Å²) in [5.41, 5.74) is 5.14. The Balaban J connectivity index is 1.34. The lowest BCUT2D eigenvalue weighted by Gasteiger charge is -2.27. The number of nitrogens with zero attached hydrogens (tertiary/aromatic N) is 6. The third kappa shape index (κ3) is 5.78. The molecule has 1 fully saturated rings. The number of pyridine rings is 1. The van der Waals surface area contributed by atoms with Crippen LogP contribution in [0.1, 0.15) is 30.9 Å². The zero-order chi connectivity index (χ0) is 30.1. The largest absolute Gasteiger partial charge is 0.350 e. The second-order valence-electron chi connectivity index (χ2n) is 10.8. The number of carbonyl (C=O) groups excluding carboxylic acids is 1. The van der Waals surface area contributed by atoms with Crippen LogP contribution >= 0.6 is 0 Å².